The monoisotopic (exact) mass is 154 g/mol. The van der Waals surface area contributed by atoms with Crippen LogP contribution < -0.4 is 5.73 Å². The first-order valence-corrected chi connectivity index (χ1v) is 4.64. The van der Waals surface area contributed by atoms with Crippen molar-refractivity contribution in [2.24, 2.45) is 16.6 Å². The highest BCUT2D eigenvalue weighted by Crippen LogP contribution is 2.24. The first-order chi connectivity index (χ1) is 5.34. The van der Waals surface area contributed by atoms with E-state index in [9.17, 15) is 0 Å². The van der Waals surface area contributed by atoms with Gasteiger partial charge in [-0.15, -0.1) is 0 Å². The van der Waals surface area contributed by atoms with E-state index in [2.05, 4.69) is 11.9 Å². The molecule has 11 heavy (non-hydrogen) atoms. The van der Waals surface area contributed by atoms with Crippen LogP contribution in [0.25, 0.3) is 0 Å². The van der Waals surface area contributed by atoms with E-state index in [1.807, 2.05) is 0 Å². The summed E-state index contributed by atoms with van der Waals surface area (Å²) >= 11 is 0. The summed E-state index contributed by atoms with van der Waals surface area (Å²) in [5, 5.41) is 0. The van der Waals surface area contributed by atoms with E-state index in [1.165, 1.54) is 25.7 Å². The molecule has 0 spiro atoms. The topological polar surface area (TPSA) is 38.4 Å². The lowest BCUT2D eigenvalue weighted by Crippen LogP contribution is -2.21. The zero-order valence-corrected chi connectivity index (χ0v) is 7.34. The van der Waals surface area contributed by atoms with Crippen LogP contribution in [0.2, 0.25) is 0 Å². The summed E-state index contributed by atoms with van der Waals surface area (Å²) in [5.74, 6) is 1.52. The van der Waals surface area contributed by atoms with Crippen LogP contribution in [-0.4, -0.2) is 12.4 Å². The summed E-state index contributed by atoms with van der Waals surface area (Å²) in [4.78, 5) is 4.32. The molecule has 0 bridgehead atoms. The molecule has 0 heterocycles. The molecule has 0 saturated heterocycles. The van der Waals surface area contributed by atoms with Crippen LogP contribution >= 0.6 is 0 Å². The Hall–Kier alpha value is -0.530. The van der Waals surface area contributed by atoms with Crippen LogP contribution in [0.3, 0.4) is 0 Å². The smallest absolute Gasteiger partial charge is 0.0968 e. The number of rotatable bonds is 3. The molecule has 0 aromatic rings. The van der Waals surface area contributed by atoms with E-state index in [-0.39, 0.29) is 0 Å². The molecular weight excluding hydrogens is 136 g/mol. The molecule has 1 rings (SSSR count). The predicted octanol–water partition coefficient (Wildman–Crippen LogP) is 1.94. The summed E-state index contributed by atoms with van der Waals surface area (Å²) in [7, 11) is 0. The highest BCUT2D eigenvalue weighted by Gasteiger charge is 2.17. The Labute approximate surface area is 68.9 Å². The van der Waals surface area contributed by atoms with Crippen molar-refractivity contribution in [3.05, 3.63) is 0 Å². The quantitative estimate of drug-likeness (QED) is 0.489. The highest BCUT2D eigenvalue weighted by atomic mass is 14.9. The number of aliphatic imine (C=N–C) groups is 1. The Kier molecular flexibility index (Phi) is 3.40. The molecule has 1 saturated carbocycles. The number of nitrogens with two attached hydrogens (primary N) is 1. The fourth-order valence-electron chi connectivity index (χ4n) is 1.59. The molecule has 0 unspecified atom stereocenters. The van der Waals surface area contributed by atoms with Gasteiger partial charge in [0.1, 0.15) is 0 Å². The molecule has 0 aromatic carbocycles. The Morgan fingerprint density at radius 1 is 1.45 bits per heavy atom. The molecule has 2 N–H and O–H groups in total. The maximum atomic E-state index is 5.82. The van der Waals surface area contributed by atoms with Gasteiger partial charge in [0.05, 0.1) is 5.84 Å². The van der Waals surface area contributed by atoms with Gasteiger partial charge in [-0.05, 0) is 19.3 Å². The zero-order valence-electron chi connectivity index (χ0n) is 7.34. The molecule has 1 aliphatic rings. The number of amidine groups is 1. The third kappa shape index (κ3) is 2.52. The number of nitrogens with zero attached hydrogens (tertiary/aromatic N) is 1. The number of hydrogen-bond acceptors (Lipinski definition) is 1. The molecule has 0 aromatic heterocycles. The van der Waals surface area contributed by atoms with Crippen LogP contribution in [0, 0.1) is 5.92 Å². The summed E-state index contributed by atoms with van der Waals surface area (Å²) in [6.07, 6.45) is 6.31. The van der Waals surface area contributed by atoms with Crippen molar-refractivity contribution >= 4 is 5.84 Å². The fourth-order valence-corrected chi connectivity index (χ4v) is 1.59. The van der Waals surface area contributed by atoms with Crippen LogP contribution in [-0.2, 0) is 0 Å². The summed E-state index contributed by atoms with van der Waals surface area (Å²) < 4.78 is 0. The van der Waals surface area contributed by atoms with Gasteiger partial charge in [-0.1, -0.05) is 19.8 Å². The molecule has 1 aliphatic carbocycles. The second-order valence-corrected chi connectivity index (χ2v) is 3.29. The van der Waals surface area contributed by atoms with Gasteiger partial charge in [0.15, 0.2) is 0 Å². The van der Waals surface area contributed by atoms with Crippen molar-refractivity contribution in [3.8, 4) is 0 Å². The van der Waals surface area contributed by atoms with Gasteiger partial charge < -0.3 is 5.73 Å². The van der Waals surface area contributed by atoms with Crippen molar-refractivity contribution in [2.75, 3.05) is 6.54 Å². The van der Waals surface area contributed by atoms with Crippen LogP contribution in [0.15, 0.2) is 4.99 Å². The lowest BCUT2D eigenvalue weighted by Gasteiger charge is -2.06. The van der Waals surface area contributed by atoms with Crippen LogP contribution in [0.4, 0.5) is 0 Å². The average molecular weight is 154 g/mol. The lowest BCUT2D eigenvalue weighted by atomic mass is 10.1. The van der Waals surface area contributed by atoms with Gasteiger partial charge in [0, 0.05) is 12.5 Å². The molecule has 64 valence electrons. The normalized spacial score (nSPS) is 21.0. The van der Waals surface area contributed by atoms with E-state index >= 15 is 0 Å². The molecule has 1 fully saturated rings. The summed E-state index contributed by atoms with van der Waals surface area (Å²) in [5.41, 5.74) is 5.82. The summed E-state index contributed by atoms with van der Waals surface area (Å²) in [6, 6.07) is 0. The molecule has 0 amide bonds. The van der Waals surface area contributed by atoms with E-state index in [0.717, 1.165) is 18.8 Å². The van der Waals surface area contributed by atoms with Crippen LogP contribution in [0.5, 0.6) is 0 Å². The first-order valence-electron chi connectivity index (χ1n) is 4.64. The first kappa shape index (κ1) is 8.57. The molecule has 2 heteroatoms. The molecule has 0 radical (unpaired) electrons. The van der Waals surface area contributed by atoms with Gasteiger partial charge in [0.25, 0.3) is 0 Å². The minimum absolute atomic E-state index is 0.613. The van der Waals surface area contributed by atoms with Gasteiger partial charge >= 0.3 is 0 Å². The standard InChI is InChI=1S/C9H18N2/c1-2-7-11-9(10)8-5-3-4-6-8/h8H,2-7H2,1H3,(H2,10,11). The number of hydrogen-bond donors (Lipinski definition) is 1. The van der Waals surface area contributed by atoms with Gasteiger partial charge in [-0.3, -0.25) is 4.99 Å². The molecule has 0 atom stereocenters. The summed E-state index contributed by atoms with van der Waals surface area (Å²) in [6.45, 7) is 3.04. The highest BCUT2D eigenvalue weighted by molar-refractivity contribution is 5.83. The molecule has 0 aliphatic heterocycles. The molecular formula is C9H18N2. The van der Waals surface area contributed by atoms with E-state index in [4.69, 9.17) is 5.73 Å². The van der Waals surface area contributed by atoms with Crippen molar-refractivity contribution in [2.45, 2.75) is 39.0 Å². The third-order valence-electron chi connectivity index (χ3n) is 2.29. The average Bonchev–Trinajstić information content (AvgIpc) is 2.52. The Bertz CT molecular complexity index is 134. The minimum atomic E-state index is 0.613. The predicted molar refractivity (Wildman–Crippen MR) is 48.7 cm³/mol. The Balaban J connectivity index is 2.32. The van der Waals surface area contributed by atoms with Crippen molar-refractivity contribution in [1.29, 1.82) is 0 Å². The minimum Gasteiger partial charge on any atom is -0.387 e. The Morgan fingerprint density at radius 2 is 2.09 bits per heavy atom. The van der Waals surface area contributed by atoms with Crippen molar-refractivity contribution in [3.63, 3.8) is 0 Å². The van der Waals surface area contributed by atoms with E-state index in [0.29, 0.717) is 5.92 Å². The fraction of sp³-hybridized carbons (Fsp3) is 0.889. The van der Waals surface area contributed by atoms with Gasteiger partial charge in [0.2, 0.25) is 0 Å². The lowest BCUT2D eigenvalue weighted by molar-refractivity contribution is 0.714. The van der Waals surface area contributed by atoms with Crippen molar-refractivity contribution in [1.82, 2.24) is 0 Å². The maximum Gasteiger partial charge on any atom is 0.0968 e. The zero-order chi connectivity index (χ0) is 8.10. The largest absolute Gasteiger partial charge is 0.387 e. The maximum absolute atomic E-state index is 5.82. The molecule has 2 nitrogen and oxygen atoms in total. The van der Waals surface area contributed by atoms with Gasteiger partial charge in [-0.25, -0.2) is 0 Å². The van der Waals surface area contributed by atoms with Crippen molar-refractivity contribution < 1.29 is 0 Å². The van der Waals surface area contributed by atoms with Crippen LogP contribution in [0.1, 0.15) is 39.0 Å². The second-order valence-electron chi connectivity index (χ2n) is 3.29. The van der Waals surface area contributed by atoms with Gasteiger partial charge in [-0.2, -0.15) is 0 Å². The van der Waals surface area contributed by atoms with E-state index in [1.54, 1.807) is 0 Å². The Morgan fingerprint density at radius 3 is 2.64 bits per heavy atom. The SMILES string of the molecule is CCCN=C(N)C1CCCC1. The third-order valence-corrected chi connectivity index (χ3v) is 2.29. The van der Waals surface area contributed by atoms with E-state index < -0.39 is 0 Å². The second kappa shape index (κ2) is 4.37.